The molecule has 0 bridgehead atoms. The van der Waals surface area contributed by atoms with Crippen LogP contribution in [0.25, 0.3) is 0 Å². The van der Waals surface area contributed by atoms with Crippen molar-refractivity contribution in [2.45, 2.75) is 140 Å². The lowest BCUT2D eigenvalue weighted by Gasteiger charge is -2.27. The molecule has 0 radical (unpaired) electrons. The molecule has 382 valence electrons. The van der Waals surface area contributed by atoms with Gasteiger partial charge in [-0.2, -0.15) is 0 Å². The highest BCUT2D eigenvalue weighted by Gasteiger charge is 2.36. The largest absolute Gasteiger partial charge is 0.391 e. The van der Waals surface area contributed by atoms with E-state index in [4.69, 9.17) is 28.7 Å². The summed E-state index contributed by atoms with van der Waals surface area (Å²) in [6.45, 7) is 5.68. The molecular weight excluding hydrogens is 883 g/mol. The zero-order chi connectivity index (χ0) is 51.1. The number of aliphatic hydroxyl groups is 2. The van der Waals surface area contributed by atoms with Gasteiger partial charge in [0.25, 0.3) is 0 Å². The summed E-state index contributed by atoms with van der Waals surface area (Å²) in [5, 5.41) is 36.3. The van der Waals surface area contributed by atoms with E-state index in [2.05, 4.69) is 31.9 Å². The van der Waals surface area contributed by atoms with Crippen molar-refractivity contribution in [3.63, 3.8) is 0 Å². The first-order chi connectivity index (χ1) is 32.2. The van der Waals surface area contributed by atoms with E-state index in [-0.39, 0.29) is 90.0 Å². The first-order valence-electron chi connectivity index (χ1n) is 23.5. The molecule has 1 aromatic carbocycles. The van der Waals surface area contributed by atoms with Crippen molar-refractivity contribution < 1.29 is 53.4 Å². The Kier molecular flexibility index (Phi) is 26.2. The highest BCUT2D eigenvalue weighted by molar-refractivity contribution is 5.98. The molecule has 22 nitrogen and oxygen atoms in total. The second-order valence-electron chi connectivity index (χ2n) is 18.0. The van der Waals surface area contributed by atoms with E-state index in [1.54, 1.807) is 30.3 Å². The van der Waals surface area contributed by atoms with E-state index in [1.807, 2.05) is 13.8 Å². The molecule has 0 aliphatic carbocycles. The average Bonchev–Trinajstić information content (AvgIpc) is 3.28. The number of carbonyl (C=O) groups excluding carboxylic acids is 9. The fourth-order valence-electron chi connectivity index (χ4n) is 7.85. The van der Waals surface area contributed by atoms with Crippen LogP contribution in [0.2, 0.25) is 0 Å². The molecule has 6 amide bonds. The van der Waals surface area contributed by atoms with Crippen molar-refractivity contribution in [1.29, 1.82) is 0 Å². The van der Waals surface area contributed by atoms with Crippen LogP contribution in [0.3, 0.4) is 0 Å². The van der Waals surface area contributed by atoms with Crippen molar-refractivity contribution in [3.05, 3.63) is 35.9 Å². The molecule has 18 N–H and O–H groups in total. The number of benzene rings is 1. The second kappa shape index (κ2) is 30.3. The maximum Gasteiger partial charge on any atom is 0.245 e. The van der Waals surface area contributed by atoms with E-state index in [1.165, 1.54) is 13.8 Å². The number of aliphatic hydroxyl groups excluding tert-OH is 2. The van der Waals surface area contributed by atoms with Crippen molar-refractivity contribution in [2.24, 2.45) is 52.3 Å². The van der Waals surface area contributed by atoms with Crippen molar-refractivity contribution >= 4 is 52.8 Å². The summed E-state index contributed by atoms with van der Waals surface area (Å²) in [5.41, 5.74) is 29.9. The van der Waals surface area contributed by atoms with Crippen molar-refractivity contribution in [3.8, 4) is 0 Å². The molecule has 0 spiro atoms. The molecule has 1 fully saturated rings. The first-order valence-corrected chi connectivity index (χ1v) is 23.5. The van der Waals surface area contributed by atoms with Crippen LogP contribution in [-0.2, 0) is 49.6 Å². The molecule has 1 aromatic rings. The number of nitrogens with one attached hydrogen (secondary N) is 6. The van der Waals surface area contributed by atoms with Gasteiger partial charge in [0, 0.05) is 43.6 Å². The minimum absolute atomic E-state index is 0.00456. The van der Waals surface area contributed by atoms with Gasteiger partial charge < -0.3 is 70.8 Å². The number of amides is 6. The molecule has 22 heteroatoms. The Balaban J connectivity index is 2.74. The Morgan fingerprint density at radius 1 is 0.691 bits per heavy atom. The number of hydrogen-bond acceptors (Lipinski definition) is 16. The maximum absolute atomic E-state index is 14.4. The molecule has 1 aliphatic heterocycles. The van der Waals surface area contributed by atoms with Gasteiger partial charge in [-0.05, 0) is 96.5 Å². The lowest BCUT2D eigenvalue weighted by atomic mass is 9.87. The van der Waals surface area contributed by atoms with Gasteiger partial charge in [-0.1, -0.05) is 44.2 Å². The van der Waals surface area contributed by atoms with Gasteiger partial charge in [-0.25, -0.2) is 0 Å². The van der Waals surface area contributed by atoms with Crippen LogP contribution in [0.5, 0.6) is 0 Å². The molecule has 11 atom stereocenters. The number of Topliss-reactive ketones (excluding diaryl/α,β-unsaturated/α-hetero) is 3. The molecule has 2 rings (SSSR count). The number of carbonyl (C=O) groups is 9. The smallest absolute Gasteiger partial charge is 0.245 e. The molecule has 1 heterocycles. The number of nitrogens with two attached hydrogens (primary N) is 5. The van der Waals surface area contributed by atoms with Crippen LogP contribution in [0.15, 0.2) is 30.3 Å². The molecule has 0 unspecified atom stereocenters. The van der Waals surface area contributed by atoms with Gasteiger partial charge in [-0.15, -0.1) is 0 Å². The van der Waals surface area contributed by atoms with Crippen LogP contribution < -0.4 is 60.6 Å². The third-order valence-electron chi connectivity index (χ3n) is 11.8. The van der Waals surface area contributed by atoms with Gasteiger partial charge in [0.1, 0.15) is 18.1 Å². The normalized spacial score (nSPS) is 25.2. The summed E-state index contributed by atoms with van der Waals surface area (Å²) >= 11 is 0. The summed E-state index contributed by atoms with van der Waals surface area (Å²) in [6, 6.07) is 0.622. The Morgan fingerprint density at radius 2 is 1.25 bits per heavy atom. The van der Waals surface area contributed by atoms with E-state index in [0.29, 0.717) is 5.56 Å². The molecule has 0 saturated carbocycles. The summed E-state index contributed by atoms with van der Waals surface area (Å²) in [7, 11) is 0. The summed E-state index contributed by atoms with van der Waals surface area (Å²) in [4.78, 5) is 125. The van der Waals surface area contributed by atoms with Crippen molar-refractivity contribution in [2.75, 3.05) is 32.7 Å². The van der Waals surface area contributed by atoms with E-state index >= 15 is 0 Å². The Labute approximate surface area is 398 Å². The monoisotopic (exact) mass is 960 g/mol. The van der Waals surface area contributed by atoms with Crippen LogP contribution in [-0.4, -0.2) is 144 Å². The first kappa shape index (κ1) is 58.9. The summed E-state index contributed by atoms with van der Waals surface area (Å²) in [5.74, 6) is -9.87. The maximum atomic E-state index is 14.4. The molecule has 1 aliphatic rings. The van der Waals surface area contributed by atoms with Crippen molar-refractivity contribution in [1.82, 2.24) is 31.9 Å². The Bertz CT molecular complexity index is 1830. The fraction of sp³-hybridized carbons (Fsp3) is 0.674. The van der Waals surface area contributed by atoms with Crippen LogP contribution in [0.1, 0.15) is 91.0 Å². The van der Waals surface area contributed by atoms with Gasteiger partial charge in [0.05, 0.1) is 30.3 Å². The van der Waals surface area contributed by atoms with Gasteiger partial charge in [0.2, 0.25) is 35.4 Å². The van der Waals surface area contributed by atoms with E-state index in [0.717, 1.165) is 0 Å². The topological polar surface area (TPSA) is 396 Å². The van der Waals surface area contributed by atoms with Crippen LogP contribution >= 0.6 is 0 Å². The standard InChI is InChI=1S/C46H77N11O11/c1-25(2)20-31-24-37(61)35(21-28-8-6-5-7-9-28)56-44(66)33(13-18-50)55-45(67)34(54-41(63)30(11-16-48)23-38(62)39(51)26(3)58)14-19-52-46(68)40(27(4)59)57-42(64)29(10-15-47)22-36(60)32(12-17-49)53-43(31)65/h5-9,25-27,29-35,39-40,58-59H,10-24,47-51H2,1-4H3,(H,52,68)(H,53,65)(H,54,63)(H,55,67)(H,56,66)(H,57,64)/t26-,27-,29-,30-,31-,32+,33+,34+,35-,39+,40+/m1/s1. The molecule has 0 aromatic heterocycles. The molecule has 1 saturated heterocycles. The fourth-order valence-corrected chi connectivity index (χ4v) is 7.85. The number of hydrogen-bond donors (Lipinski definition) is 13. The van der Waals surface area contributed by atoms with Crippen LogP contribution in [0.4, 0.5) is 0 Å². The lowest BCUT2D eigenvalue weighted by molar-refractivity contribution is -0.136. The Hall–Kier alpha value is -5.23. The zero-order valence-electron chi connectivity index (χ0n) is 39.9. The highest BCUT2D eigenvalue weighted by Crippen LogP contribution is 2.21. The van der Waals surface area contributed by atoms with E-state index < -0.39 is 132 Å². The quantitative estimate of drug-likeness (QED) is 0.0638. The predicted octanol–water partition coefficient (Wildman–Crippen LogP) is -3.57. The zero-order valence-corrected chi connectivity index (χ0v) is 39.9. The molecule has 68 heavy (non-hydrogen) atoms. The molecular formula is C46H77N11O11. The summed E-state index contributed by atoms with van der Waals surface area (Å²) < 4.78 is 0. The lowest BCUT2D eigenvalue weighted by Crippen LogP contribution is -2.58. The predicted molar refractivity (Wildman–Crippen MR) is 252 cm³/mol. The van der Waals surface area contributed by atoms with Gasteiger partial charge >= 0.3 is 0 Å². The second-order valence-corrected chi connectivity index (χ2v) is 18.0. The number of ketones is 3. The number of rotatable bonds is 19. The highest BCUT2D eigenvalue weighted by atomic mass is 16.3. The minimum atomic E-state index is -1.57. The third-order valence-corrected chi connectivity index (χ3v) is 11.8. The van der Waals surface area contributed by atoms with E-state index in [9.17, 15) is 53.4 Å². The Morgan fingerprint density at radius 3 is 1.82 bits per heavy atom. The third kappa shape index (κ3) is 19.8. The van der Waals surface area contributed by atoms with Gasteiger partial charge in [0.15, 0.2) is 17.3 Å². The van der Waals surface area contributed by atoms with Gasteiger partial charge in [-0.3, -0.25) is 43.2 Å². The SMILES string of the molecule is CC(C)C[C@@H]1CC(=O)[C@@H](Cc2ccccc2)NC(=O)[C@H](CCN)NC(=O)[C@@H](NC(=O)[C@H](CCN)CC(=O)[C@@H](N)[C@@H](C)O)CCNC(=O)[C@H]([C@@H](C)O)NC(=O)[C@H](CCN)CC(=O)[C@H](CCN)NC1=O. The average molecular weight is 960 g/mol. The van der Waals surface area contributed by atoms with Crippen LogP contribution in [0, 0.1) is 23.7 Å². The minimum Gasteiger partial charge on any atom is -0.391 e. The summed E-state index contributed by atoms with van der Waals surface area (Å²) in [6.07, 6.45) is -4.24.